The first kappa shape index (κ1) is 11.2. The van der Waals surface area contributed by atoms with Gasteiger partial charge in [0.2, 0.25) is 0 Å². The number of hydrogen-bond acceptors (Lipinski definition) is 2. The summed E-state index contributed by atoms with van der Waals surface area (Å²) in [5.74, 6) is 0.764. The average Bonchev–Trinajstić information content (AvgIpc) is 2.67. The molecule has 3 atom stereocenters. The van der Waals surface area contributed by atoms with Crippen LogP contribution < -0.4 is 5.32 Å². The van der Waals surface area contributed by atoms with Crippen molar-refractivity contribution >= 4 is 10.8 Å². The van der Waals surface area contributed by atoms with Gasteiger partial charge in [-0.05, 0) is 32.1 Å². The van der Waals surface area contributed by atoms with Crippen molar-refractivity contribution < 1.29 is 4.21 Å². The SMILES string of the molecule is CC(CS(C)=O)NC(C)C1(C)CC1. The predicted molar refractivity (Wildman–Crippen MR) is 58.3 cm³/mol. The maximum atomic E-state index is 11.0. The van der Waals surface area contributed by atoms with Crippen molar-refractivity contribution in [2.75, 3.05) is 12.0 Å². The molecule has 3 unspecified atom stereocenters. The monoisotopic (exact) mass is 203 g/mol. The first-order chi connectivity index (χ1) is 5.94. The molecule has 0 amide bonds. The minimum atomic E-state index is -0.681. The highest BCUT2D eigenvalue weighted by atomic mass is 32.2. The van der Waals surface area contributed by atoms with E-state index in [1.54, 1.807) is 6.26 Å². The minimum Gasteiger partial charge on any atom is -0.310 e. The fourth-order valence-electron chi connectivity index (χ4n) is 1.66. The Hall–Kier alpha value is 0.110. The summed E-state index contributed by atoms with van der Waals surface area (Å²) in [6, 6.07) is 0.935. The predicted octanol–water partition coefficient (Wildman–Crippen LogP) is 1.53. The van der Waals surface area contributed by atoms with Gasteiger partial charge in [0.1, 0.15) is 0 Å². The van der Waals surface area contributed by atoms with Crippen LogP contribution >= 0.6 is 0 Å². The Morgan fingerprint density at radius 3 is 2.38 bits per heavy atom. The first-order valence-electron chi connectivity index (χ1n) is 5.00. The van der Waals surface area contributed by atoms with Gasteiger partial charge in [-0.15, -0.1) is 0 Å². The Kier molecular flexibility index (Phi) is 3.52. The molecule has 0 radical (unpaired) electrons. The fraction of sp³-hybridized carbons (Fsp3) is 1.00. The Labute approximate surface area is 83.9 Å². The molecule has 0 aromatic heterocycles. The number of hydrogen-bond donors (Lipinski definition) is 1. The van der Waals surface area contributed by atoms with Gasteiger partial charge in [-0.2, -0.15) is 0 Å². The molecule has 0 aromatic carbocycles. The van der Waals surface area contributed by atoms with Gasteiger partial charge in [-0.25, -0.2) is 0 Å². The molecule has 1 aliphatic carbocycles. The van der Waals surface area contributed by atoms with E-state index < -0.39 is 10.8 Å². The van der Waals surface area contributed by atoms with Gasteiger partial charge in [0, 0.05) is 34.9 Å². The van der Waals surface area contributed by atoms with E-state index in [1.165, 1.54) is 12.8 Å². The average molecular weight is 203 g/mol. The highest BCUT2D eigenvalue weighted by molar-refractivity contribution is 7.84. The lowest BCUT2D eigenvalue weighted by Crippen LogP contribution is -2.42. The third-order valence-electron chi connectivity index (χ3n) is 3.10. The van der Waals surface area contributed by atoms with Gasteiger partial charge in [0.05, 0.1) is 0 Å². The van der Waals surface area contributed by atoms with E-state index in [2.05, 4.69) is 26.1 Å². The summed E-state index contributed by atoms with van der Waals surface area (Å²) in [5.41, 5.74) is 0.517. The van der Waals surface area contributed by atoms with Gasteiger partial charge >= 0.3 is 0 Å². The van der Waals surface area contributed by atoms with E-state index in [0.717, 1.165) is 5.75 Å². The molecule has 78 valence electrons. The molecule has 1 saturated carbocycles. The molecule has 0 saturated heterocycles. The second-order valence-electron chi connectivity index (χ2n) is 4.68. The molecule has 0 aliphatic heterocycles. The second kappa shape index (κ2) is 4.09. The Morgan fingerprint density at radius 2 is 2.00 bits per heavy atom. The van der Waals surface area contributed by atoms with Crippen molar-refractivity contribution in [3.8, 4) is 0 Å². The van der Waals surface area contributed by atoms with Crippen molar-refractivity contribution in [1.82, 2.24) is 5.32 Å². The maximum Gasteiger partial charge on any atom is 0.0383 e. The van der Waals surface area contributed by atoms with Crippen LogP contribution in [0.4, 0.5) is 0 Å². The minimum absolute atomic E-state index is 0.373. The lowest BCUT2D eigenvalue weighted by atomic mass is 10.0. The Morgan fingerprint density at radius 1 is 1.46 bits per heavy atom. The van der Waals surface area contributed by atoms with Crippen LogP contribution in [0.1, 0.15) is 33.6 Å². The van der Waals surface area contributed by atoms with Gasteiger partial charge in [-0.1, -0.05) is 6.92 Å². The Balaban J connectivity index is 2.27. The quantitative estimate of drug-likeness (QED) is 0.734. The lowest BCUT2D eigenvalue weighted by Gasteiger charge is -2.24. The molecule has 1 N–H and O–H groups in total. The summed E-state index contributed by atoms with van der Waals surface area (Å²) >= 11 is 0. The van der Waals surface area contributed by atoms with Crippen molar-refractivity contribution in [3.63, 3.8) is 0 Å². The summed E-state index contributed by atoms with van der Waals surface area (Å²) in [7, 11) is -0.681. The number of rotatable bonds is 5. The van der Waals surface area contributed by atoms with Crippen LogP contribution in [-0.4, -0.2) is 28.3 Å². The Bertz CT molecular complexity index is 201. The zero-order valence-corrected chi connectivity index (χ0v) is 9.91. The van der Waals surface area contributed by atoms with Crippen LogP contribution in [-0.2, 0) is 10.8 Å². The largest absolute Gasteiger partial charge is 0.310 e. The first-order valence-corrected chi connectivity index (χ1v) is 6.73. The smallest absolute Gasteiger partial charge is 0.0383 e. The van der Waals surface area contributed by atoms with Crippen LogP contribution in [0.15, 0.2) is 0 Å². The molecular formula is C10H21NOS. The van der Waals surface area contributed by atoms with Crippen LogP contribution in [0.2, 0.25) is 0 Å². The topological polar surface area (TPSA) is 29.1 Å². The highest BCUT2D eigenvalue weighted by Gasteiger charge is 2.42. The summed E-state index contributed by atoms with van der Waals surface area (Å²) in [6.45, 7) is 6.67. The van der Waals surface area contributed by atoms with Crippen LogP contribution in [0.3, 0.4) is 0 Å². The maximum absolute atomic E-state index is 11.0. The van der Waals surface area contributed by atoms with Gasteiger partial charge < -0.3 is 5.32 Å². The van der Waals surface area contributed by atoms with Crippen LogP contribution in [0, 0.1) is 5.41 Å². The zero-order chi connectivity index (χ0) is 10.1. The molecule has 1 rings (SSSR count). The van der Waals surface area contributed by atoms with Crippen molar-refractivity contribution in [3.05, 3.63) is 0 Å². The van der Waals surface area contributed by atoms with E-state index in [0.29, 0.717) is 17.5 Å². The summed E-state index contributed by atoms with van der Waals surface area (Å²) in [6.07, 6.45) is 4.44. The highest BCUT2D eigenvalue weighted by Crippen LogP contribution is 2.47. The normalized spacial score (nSPS) is 26.5. The standard InChI is InChI=1S/C10H21NOS/c1-8(7-13(4)12)11-9(2)10(3)5-6-10/h8-9,11H,5-7H2,1-4H3. The summed E-state index contributed by atoms with van der Waals surface area (Å²) in [4.78, 5) is 0. The van der Waals surface area contributed by atoms with Crippen molar-refractivity contribution in [1.29, 1.82) is 0 Å². The van der Waals surface area contributed by atoms with Crippen LogP contribution in [0.5, 0.6) is 0 Å². The molecule has 13 heavy (non-hydrogen) atoms. The summed E-state index contributed by atoms with van der Waals surface area (Å²) < 4.78 is 11.0. The molecule has 1 aliphatic rings. The zero-order valence-electron chi connectivity index (χ0n) is 9.09. The third kappa shape index (κ3) is 3.39. The van der Waals surface area contributed by atoms with Gasteiger partial charge in [0.15, 0.2) is 0 Å². The van der Waals surface area contributed by atoms with E-state index in [4.69, 9.17) is 0 Å². The van der Waals surface area contributed by atoms with Gasteiger partial charge in [-0.3, -0.25) is 4.21 Å². The fourth-order valence-corrected chi connectivity index (χ4v) is 2.46. The molecule has 2 nitrogen and oxygen atoms in total. The number of nitrogens with one attached hydrogen (secondary N) is 1. The molecular weight excluding hydrogens is 182 g/mol. The van der Waals surface area contributed by atoms with Crippen molar-refractivity contribution in [2.24, 2.45) is 5.41 Å². The van der Waals surface area contributed by atoms with E-state index in [1.807, 2.05) is 0 Å². The van der Waals surface area contributed by atoms with Crippen molar-refractivity contribution in [2.45, 2.75) is 45.7 Å². The van der Waals surface area contributed by atoms with Gasteiger partial charge in [0.25, 0.3) is 0 Å². The van der Waals surface area contributed by atoms with E-state index in [9.17, 15) is 4.21 Å². The molecule has 1 fully saturated rings. The molecule has 0 aromatic rings. The van der Waals surface area contributed by atoms with E-state index >= 15 is 0 Å². The second-order valence-corrected chi connectivity index (χ2v) is 6.16. The van der Waals surface area contributed by atoms with E-state index in [-0.39, 0.29) is 0 Å². The molecule has 0 heterocycles. The van der Waals surface area contributed by atoms with Crippen LogP contribution in [0.25, 0.3) is 0 Å². The molecule has 0 bridgehead atoms. The third-order valence-corrected chi connectivity index (χ3v) is 4.07. The lowest BCUT2D eigenvalue weighted by molar-refractivity contribution is 0.357. The molecule has 3 heteroatoms. The summed E-state index contributed by atoms with van der Waals surface area (Å²) in [5, 5.41) is 3.52. The molecule has 0 spiro atoms.